The maximum atomic E-state index is 14.3. The van der Waals surface area contributed by atoms with Gasteiger partial charge in [-0.2, -0.15) is 0 Å². The lowest BCUT2D eigenvalue weighted by atomic mass is 9.93. The third kappa shape index (κ3) is 13.7. The normalized spacial score (nSPS) is 17.7. The van der Waals surface area contributed by atoms with Gasteiger partial charge in [0.1, 0.15) is 41.7 Å². The second-order valence-electron chi connectivity index (χ2n) is 14.8. The zero-order chi connectivity index (χ0) is 42.9. The monoisotopic (exact) mass is 808 g/mol. The minimum atomic E-state index is -1.43. The molecule has 0 spiro atoms. The lowest BCUT2D eigenvalue weighted by Crippen LogP contribution is -2.57. The van der Waals surface area contributed by atoms with Crippen molar-refractivity contribution in [1.29, 1.82) is 0 Å². The number of nitrogens with zero attached hydrogens (tertiary/aromatic N) is 1. The molecule has 318 valence electrons. The van der Waals surface area contributed by atoms with Crippen LogP contribution in [-0.4, -0.2) is 101 Å². The van der Waals surface area contributed by atoms with Crippen LogP contribution >= 0.6 is 0 Å². The van der Waals surface area contributed by atoms with E-state index in [-0.39, 0.29) is 59.9 Å². The van der Waals surface area contributed by atoms with Crippen LogP contribution in [0.2, 0.25) is 0 Å². The molecule has 1 aliphatic heterocycles. The van der Waals surface area contributed by atoms with Gasteiger partial charge in [-0.15, -0.1) is 0 Å². The van der Waals surface area contributed by atoms with E-state index in [0.717, 1.165) is 37.0 Å². The van der Waals surface area contributed by atoms with Gasteiger partial charge in [0.25, 0.3) is 0 Å². The number of hydrogen-bond acceptors (Lipinski definition) is 10. The van der Waals surface area contributed by atoms with Gasteiger partial charge in [0, 0.05) is 44.0 Å². The summed E-state index contributed by atoms with van der Waals surface area (Å²) in [6.45, 7) is 5.30. The Balaban J connectivity index is 1.95. The summed E-state index contributed by atoms with van der Waals surface area (Å²) in [5.41, 5.74) is 12.0. The van der Waals surface area contributed by atoms with E-state index in [0.29, 0.717) is 31.4 Å². The van der Waals surface area contributed by atoms with E-state index < -0.39 is 65.7 Å². The molecule has 1 heterocycles. The van der Waals surface area contributed by atoms with Gasteiger partial charge in [-0.3, -0.25) is 33.6 Å². The minimum Gasteiger partial charge on any atom is -0.507 e. The van der Waals surface area contributed by atoms with Crippen LogP contribution in [0.15, 0.2) is 36.4 Å². The fraction of sp³-hybridized carbons (Fsp3) is 0.537. The third-order valence-electron chi connectivity index (χ3n) is 10.0. The number of aromatic hydroxyl groups is 2. The van der Waals surface area contributed by atoms with Gasteiger partial charge in [-0.1, -0.05) is 44.7 Å². The maximum absolute atomic E-state index is 14.3. The first-order valence-corrected chi connectivity index (χ1v) is 20.0. The first-order valence-electron chi connectivity index (χ1n) is 20.0. The first-order chi connectivity index (χ1) is 27.6. The summed E-state index contributed by atoms with van der Waals surface area (Å²) in [6, 6.07) is 2.44. The molecule has 2 aromatic rings. The molecule has 11 N–H and O–H groups in total. The van der Waals surface area contributed by atoms with Crippen molar-refractivity contribution >= 4 is 41.4 Å². The molecule has 17 nitrogen and oxygen atoms in total. The Morgan fingerprint density at radius 2 is 1.53 bits per heavy atom. The van der Waals surface area contributed by atoms with Gasteiger partial charge < -0.3 is 53.2 Å². The molecule has 5 atom stereocenters. The number of nitrogens with one attached hydrogen (secondary N) is 5. The Morgan fingerprint density at radius 3 is 2.21 bits per heavy atom. The molecule has 0 radical (unpaired) electrons. The Bertz CT molecular complexity index is 1790. The van der Waals surface area contributed by atoms with Crippen molar-refractivity contribution in [2.24, 2.45) is 11.5 Å². The van der Waals surface area contributed by atoms with Crippen LogP contribution in [0, 0.1) is 0 Å². The SMILES string of the molecule is CCCCCCCC(=O)NCCC(=O)N[C@@H](CCCCN)C(=O)N(C)[C@@H]1C(=O)N[C@@H](C)C(=O)N[C@H](C(=O)N[C@@H](C)C(N)=O)Cc2ccc(O)c(c2)-c2cc1ccc2O. The summed E-state index contributed by atoms with van der Waals surface area (Å²) in [6.07, 6.45) is 6.34. The molecule has 0 saturated heterocycles. The van der Waals surface area contributed by atoms with Crippen molar-refractivity contribution in [2.45, 2.75) is 122 Å². The number of nitrogens with two attached hydrogens (primary N) is 2. The molecule has 17 heteroatoms. The van der Waals surface area contributed by atoms with Gasteiger partial charge in [0.2, 0.25) is 41.4 Å². The van der Waals surface area contributed by atoms with E-state index in [1.807, 2.05) is 0 Å². The highest BCUT2D eigenvalue weighted by Gasteiger charge is 2.36. The van der Waals surface area contributed by atoms with E-state index in [2.05, 4.69) is 33.5 Å². The highest BCUT2D eigenvalue weighted by molar-refractivity contribution is 5.97. The molecule has 1 aliphatic rings. The van der Waals surface area contributed by atoms with Crippen LogP contribution in [0.25, 0.3) is 11.1 Å². The number of fused-ring (bicyclic) bond motifs is 5. The molecule has 0 fully saturated rings. The summed E-state index contributed by atoms with van der Waals surface area (Å²) in [5, 5.41) is 35.2. The highest BCUT2D eigenvalue weighted by atomic mass is 16.3. The van der Waals surface area contributed by atoms with E-state index in [1.54, 1.807) is 0 Å². The molecule has 0 aromatic heterocycles. The number of benzene rings is 2. The number of phenolic OH excluding ortho intramolecular Hbond substituents is 2. The highest BCUT2D eigenvalue weighted by Crippen LogP contribution is 2.39. The van der Waals surface area contributed by atoms with Gasteiger partial charge >= 0.3 is 0 Å². The van der Waals surface area contributed by atoms with Gasteiger partial charge in [0.15, 0.2) is 0 Å². The van der Waals surface area contributed by atoms with Crippen LogP contribution in [0.3, 0.4) is 0 Å². The molecule has 7 amide bonds. The molecule has 2 aromatic carbocycles. The molecule has 0 saturated carbocycles. The molecule has 0 unspecified atom stereocenters. The van der Waals surface area contributed by atoms with Crippen LogP contribution in [0.1, 0.15) is 102 Å². The summed E-state index contributed by atoms with van der Waals surface area (Å²) >= 11 is 0. The smallest absolute Gasteiger partial charge is 0.248 e. The Labute approximate surface area is 339 Å². The van der Waals surface area contributed by atoms with Gasteiger partial charge in [0.05, 0.1) is 0 Å². The topological polar surface area (TPSA) is 275 Å². The third-order valence-corrected chi connectivity index (χ3v) is 10.0. The summed E-state index contributed by atoms with van der Waals surface area (Å²) in [4.78, 5) is 93.7. The second kappa shape index (κ2) is 22.9. The van der Waals surface area contributed by atoms with Crippen LogP contribution in [0.4, 0.5) is 0 Å². The predicted octanol–water partition coefficient (Wildman–Crippen LogP) is 1.28. The van der Waals surface area contributed by atoms with Crippen molar-refractivity contribution in [3.05, 3.63) is 47.5 Å². The number of rotatable bonds is 19. The minimum absolute atomic E-state index is 0.0706. The number of phenols is 2. The molecule has 3 rings (SSSR count). The number of amides is 7. The van der Waals surface area contributed by atoms with Crippen LogP contribution < -0.4 is 38.1 Å². The molecule has 0 aliphatic carbocycles. The second-order valence-corrected chi connectivity index (χ2v) is 14.8. The van der Waals surface area contributed by atoms with Crippen molar-refractivity contribution in [3.63, 3.8) is 0 Å². The Hall–Kier alpha value is -5.71. The van der Waals surface area contributed by atoms with E-state index >= 15 is 0 Å². The average Bonchev–Trinajstić information content (AvgIpc) is 3.17. The zero-order valence-corrected chi connectivity index (χ0v) is 33.9. The van der Waals surface area contributed by atoms with Crippen molar-refractivity contribution < 1.29 is 43.8 Å². The fourth-order valence-corrected chi connectivity index (χ4v) is 6.58. The van der Waals surface area contributed by atoms with Crippen molar-refractivity contribution in [2.75, 3.05) is 20.1 Å². The van der Waals surface area contributed by atoms with E-state index in [1.165, 1.54) is 57.3 Å². The molecular weight excluding hydrogens is 748 g/mol. The van der Waals surface area contributed by atoms with Crippen LogP contribution in [0.5, 0.6) is 11.5 Å². The molecular formula is C41H60N8O9. The van der Waals surface area contributed by atoms with Crippen molar-refractivity contribution in [1.82, 2.24) is 31.5 Å². The lowest BCUT2D eigenvalue weighted by Gasteiger charge is -2.32. The number of carbonyl (C=O) groups excluding carboxylic acids is 7. The largest absolute Gasteiger partial charge is 0.507 e. The maximum Gasteiger partial charge on any atom is 0.248 e. The predicted molar refractivity (Wildman–Crippen MR) is 217 cm³/mol. The molecule has 58 heavy (non-hydrogen) atoms. The van der Waals surface area contributed by atoms with E-state index in [9.17, 15) is 43.8 Å². The van der Waals surface area contributed by atoms with Crippen LogP contribution in [-0.2, 0) is 40.0 Å². The summed E-state index contributed by atoms with van der Waals surface area (Å²) in [5.74, 6) is -4.92. The molecule has 4 bridgehead atoms. The summed E-state index contributed by atoms with van der Waals surface area (Å²) < 4.78 is 0. The Kier molecular flexibility index (Phi) is 18.4. The number of unbranched alkanes of at least 4 members (excludes halogenated alkanes) is 5. The van der Waals surface area contributed by atoms with E-state index in [4.69, 9.17) is 11.5 Å². The van der Waals surface area contributed by atoms with Gasteiger partial charge in [-0.05, 0) is 81.5 Å². The summed E-state index contributed by atoms with van der Waals surface area (Å²) in [7, 11) is 1.37. The number of likely N-dealkylation sites (N-methyl/N-ethyl adjacent to an activating group) is 1. The quantitative estimate of drug-likeness (QED) is 0.0918. The first kappa shape index (κ1) is 46.7. The Morgan fingerprint density at radius 1 is 0.862 bits per heavy atom. The average molecular weight is 809 g/mol. The number of primary amides is 1. The lowest BCUT2D eigenvalue weighted by molar-refractivity contribution is -0.143. The van der Waals surface area contributed by atoms with Crippen molar-refractivity contribution in [3.8, 4) is 22.6 Å². The number of carbonyl (C=O) groups is 7. The zero-order valence-electron chi connectivity index (χ0n) is 33.9. The fourth-order valence-electron chi connectivity index (χ4n) is 6.58. The van der Waals surface area contributed by atoms with Gasteiger partial charge in [-0.25, -0.2) is 0 Å². The number of hydrogen-bond donors (Lipinski definition) is 9. The standard InChI is InChI=1S/C41H60N8O9/c1-5-6-7-8-9-13-34(52)44-20-18-35(53)47-30(12-10-11-19-42)41(58)49(4)36-27-15-17-33(51)29(23-27)28-21-26(14-16-32(28)50)22-31(39(56)45-24(2)37(43)54)48-38(55)25(3)46-40(36)57/h14-17,21,23-25,30-31,36,50-51H,5-13,18-20,22,42H2,1-4H3,(H2,43,54)(H,44,52)(H,45,56)(H,46,57)(H,47,53)(H,48,55)/t24-,25-,30-,31-,36-/m0/s1.